The number of carbonyl (C=O) groups is 1. The van der Waals surface area contributed by atoms with Crippen molar-refractivity contribution in [2.75, 3.05) is 12.8 Å². The van der Waals surface area contributed by atoms with Crippen molar-refractivity contribution in [3.8, 4) is 0 Å². The van der Waals surface area contributed by atoms with Crippen molar-refractivity contribution in [1.82, 2.24) is 20.6 Å². The number of thioether (sulfide) groups is 1. The van der Waals surface area contributed by atoms with E-state index in [2.05, 4.69) is 39.7 Å². The maximum Gasteiger partial charge on any atom is 0.270 e. The van der Waals surface area contributed by atoms with Gasteiger partial charge in [0, 0.05) is 24.7 Å². The highest BCUT2D eigenvalue weighted by molar-refractivity contribution is 7.98. The molecule has 2 aromatic carbocycles. The molecule has 0 spiro atoms. The lowest BCUT2D eigenvalue weighted by Crippen LogP contribution is -2.39. The summed E-state index contributed by atoms with van der Waals surface area (Å²) in [4.78, 5) is 31.4. The van der Waals surface area contributed by atoms with Crippen molar-refractivity contribution in [2.24, 2.45) is 0 Å². The van der Waals surface area contributed by atoms with Gasteiger partial charge in [-0.1, -0.05) is 43.0 Å². The fourth-order valence-corrected chi connectivity index (χ4v) is 4.01. The van der Waals surface area contributed by atoms with E-state index in [9.17, 15) is 18.4 Å². The molecule has 1 aromatic heterocycles. The Hall–Kier alpha value is -3.04. The quantitative estimate of drug-likeness (QED) is 0.218. The minimum Gasteiger partial charge on any atom is -0.348 e. The molecule has 0 radical (unpaired) electrons. The molecular weight excluding hydrogens is 458 g/mol. The molecule has 0 saturated heterocycles. The van der Waals surface area contributed by atoms with Crippen molar-refractivity contribution >= 4 is 17.7 Å². The number of amides is 1. The molecular formula is C25H28F2N4O2S. The zero-order valence-corrected chi connectivity index (χ0v) is 20.0. The molecule has 3 aromatic rings. The van der Waals surface area contributed by atoms with Gasteiger partial charge in [-0.15, -0.1) is 0 Å². The molecule has 1 amide bonds. The molecule has 1 heterocycles. The molecule has 0 fully saturated rings. The first-order valence-electron chi connectivity index (χ1n) is 11.1. The summed E-state index contributed by atoms with van der Waals surface area (Å²) in [7, 11) is 0. The molecule has 0 aliphatic heterocycles. The number of halogens is 2. The van der Waals surface area contributed by atoms with Crippen LogP contribution in [-0.4, -0.2) is 34.7 Å². The van der Waals surface area contributed by atoms with Crippen LogP contribution in [-0.2, 0) is 19.4 Å². The van der Waals surface area contributed by atoms with Crippen LogP contribution in [0.3, 0.4) is 0 Å². The molecule has 3 rings (SSSR count). The van der Waals surface area contributed by atoms with E-state index in [0.717, 1.165) is 24.1 Å². The zero-order valence-electron chi connectivity index (χ0n) is 19.2. The lowest BCUT2D eigenvalue weighted by molar-refractivity contribution is 0.0928. The van der Waals surface area contributed by atoms with E-state index in [4.69, 9.17) is 0 Å². The molecule has 0 aliphatic carbocycles. The van der Waals surface area contributed by atoms with Crippen LogP contribution in [0.4, 0.5) is 8.78 Å². The highest BCUT2D eigenvalue weighted by Gasteiger charge is 2.17. The van der Waals surface area contributed by atoms with Gasteiger partial charge in [-0.05, 0) is 60.9 Å². The van der Waals surface area contributed by atoms with Crippen LogP contribution < -0.4 is 16.2 Å². The maximum atomic E-state index is 13.7. The van der Waals surface area contributed by atoms with Gasteiger partial charge in [0.05, 0.1) is 0 Å². The molecule has 1 atom stereocenters. The monoisotopic (exact) mass is 486 g/mol. The fourth-order valence-electron chi connectivity index (χ4n) is 3.61. The van der Waals surface area contributed by atoms with Crippen molar-refractivity contribution in [3.63, 3.8) is 0 Å². The first-order chi connectivity index (χ1) is 16.4. The Bertz CT molecular complexity index is 1170. The SMILES string of the molecule is CCc1cccc(CNCCC(Cc2cc(F)cc(F)c2)NC(=O)c2cc(=O)[nH]c(SC)n2)c1. The molecule has 1 unspecified atom stereocenters. The highest BCUT2D eigenvalue weighted by atomic mass is 32.2. The first-order valence-corrected chi connectivity index (χ1v) is 12.3. The minimum atomic E-state index is -0.671. The number of hydrogen-bond donors (Lipinski definition) is 3. The van der Waals surface area contributed by atoms with Crippen molar-refractivity contribution in [1.29, 1.82) is 0 Å². The van der Waals surface area contributed by atoms with Gasteiger partial charge in [-0.2, -0.15) is 0 Å². The summed E-state index contributed by atoms with van der Waals surface area (Å²) in [5.74, 6) is -1.86. The standard InChI is InChI=1S/C25H28F2N4O2S/c1-3-16-5-4-6-17(9-16)15-28-8-7-21(12-18-10-19(26)13-20(27)11-18)29-24(33)22-14-23(32)31-25(30-22)34-2/h4-6,9-11,13-14,21,28H,3,7-8,12,15H2,1-2H3,(H,29,33)(H,30,31,32). The van der Waals surface area contributed by atoms with Crippen LogP contribution in [0.1, 0.15) is 40.5 Å². The number of rotatable bonds is 11. The van der Waals surface area contributed by atoms with E-state index in [1.165, 1.54) is 29.5 Å². The molecule has 6 nitrogen and oxygen atoms in total. The van der Waals surface area contributed by atoms with Crippen LogP contribution in [0.25, 0.3) is 0 Å². The molecule has 0 saturated carbocycles. The van der Waals surface area contributed by atoms with Crippen LogP contribution in [0.15, 0.2) is 58.5 Å². The Morgan fingerprint density at radius 3 is 2.53 bits per heavy atom. The average molecular weight is 487 g/mol. The molecule has 34 heavy (non-hydrogen) atoms. The van der Waals surface area contributed by atoms with Crippen molar-refractivity contribution in [3.05, 3.63) is 92.9 Å². The summed E-state index contributed by atoms with van der Waals surface area (Å²) in [5.41, 5.74) is 2.41. The van der Waals surface area contributed by atoms with E-state index in [1.54, 1.807) is 6.26 Å². The third-order valence-corrected chi connectivity index (χ3v) is 5.86. The Morgan fingerprint density at radius 1 is 1.09 bits per heavy atom. The Balaban J connectivity index is 1.69. The predicted molar refractivity (Wildman–Crippen MR) is 130 cm³/mol. The number of H-pyrrole nitrogens is 1. The smallest absolute Gasteiger partial charge is 0.270 e. The van der Waals surface area contributed by atoms with Gasteiger partial charge in [0.25, 0.3) is 11.5 Å². The Morgan fingerprint density at radius 2 is 1.82 bits per heavy atom. The second kappa shape index (κ2) is 12.4. The molecule has 3 N–H and O–H groups in total. The van der Waals surface area contributed by atoms with Crippen LogP contribution in [0.5, 0.6) is 0 Å². The van der Waals surface area contributed by atoms with Crippen LogP contribution in [0.2, 0.25) is 0 Å². The van der Waals surface area contributed by atoms with Gasteiger partial charge in [0.1, 0.15) is 17.3 Å². The van der Waals surface area contributed by atoms with Gasteiger partial charge in [0.15, 0.2) is 5.16 Å². The lowest BCUT2D eigenvalue weighted by Gasteiger charge is -2.19. The fraction of sp³-hybridized carbons (Fsp3) is 0.320. The third kappa shape index (κ3) is 7.78. The summed E-state index contributed by atoms with van der Waals surface area (Å²) < 4.78 is 27.4. The Kier molecular flexibility index (Phi) is 9.35. The van der Waals surface area contributed by atoms with Gasteiger partial charge in [0.2, 0.25) is 0 Å². The summed E-state index contributed by atoms with van der Waals surface area (Å²) in [6.45, 7) is 3.33. The van der Waals surface area contributed by atoms with E-state index < -0.39 is 29.1 Å². The van der Waals surface area contributed by atoms with Crippen molar-refractivity contribution < 1.29 is 13.6 Å². The number of aromatic nitrogens is 2. The van der Waals surface area contributed by atoms with E-state index >= 15 is 0 Å². The van der Waals surface area contributed by atoms with Gasteiger partial charge < -0.3 is 15.6 Å². The Labute approximate surface area is 201 Å². The number of aryl methyl sites for hydroxylation is 1. The number of hydrogen-bond acceptors (Lipinski definition) is 5. The average Bonchev–Trinajstić information content (AvgIpc) is 2.80. The minimum absolute atomic E-state index is 0.00661. The van der Waals surface area contributed by atoms with Crippen molar-refractivity contribution in [2.45, 2.75) is 43.9 Å². The van der Waals surface area contributed by atoms with Gasteiger partial charge in [-0.3, -0.25) is 9.59 Å². The van der Waals surface area contributed by atoms with E-state index in [-0.39, 0.29) is 12.1 Å². The maximum absolute atomic E-state index is 13.7. The number of nitrogens with one attached hydrogen (secondary N) is 3. The largest absolute Gasteiger partial charge is 0.348 e. The summed E-state index contributed by atoms with van der Waals surface area (Å²) in [5, 5.41) is 6.56. The molecule has 0 bridgehead atoms. The third-order valence-electron chi connectivity index (χ3n) is 5.28. The molecule has 0 aliphatic rings. The second-order valence-corrected chi connectivity index (χ2v) is 8.73. The van der Waals surface area contributed by atoms with E-state index in [1.807, 2.05) is 12.1 Å². The van der Waals surface area contributed by atoms with Crippen LogP contribution >= 0.6 is 11.8 Å². The zero-order chi connectivity index (χ0) is 24.5. The number of carbonyl (C=O) groups excluding carboxylic acids is 1. The number of aromatic amines is 1. The lowest BCUT2D eigenvalue weighted by atomic mass is 10.0. The molecule has 9 heteroatoms. The second-order valence-electron chi connectivity index (χ2n) is 7.93. The van der Waals surface area contributed by atoms with E-state index in [0.29, 0.717) is 30.2 Å². The van der Waals surface area contributed by atoms with Crippen LogP contribution in [0, 0.1) is 11.6 Å². The highest BCUT2D eigenvalue weighted by Crippen LogP contribution is 2.13. The topological polar surface area (TPSA) is 86.9 Å². The number of nitrogens with zero attached hydrogens (tertiary/aromatic N) is 1. The van der Waals surface area contributed by atoms with Gasteiger partial charge >= 0.3 is 0 Å². The predicted octanol–water partition coefficient (Wildman–Crippen LogP) is 3.85. The summed E-state index contributed by atoms with van der Waals surface area (Å²) >= 11 is 1.22. The number of benzene rings is 2. The summed E-state index contributed by atoms with van der Waals surface area (Å²) in [6, 6.07) is 12.3. The van der Waals surface area contributed by atoms with Gasteiger partial charge in [-0.25, -0.2) is 13.8 Å². The first kappa shape index (κ1) is 25.6. The normalized spacial score (nSPS) is 11.9. The molecule has 180 valence electrons. The summed E-state index contributed by atoms with van der Waals surface area (Å²) in [6.07, 6.45) is 3.44.